The fourth-order valence-electron chi connectivity index (χ4n) is 2.39. The van der Waals surface area contributed by atoms with Crippen LogP contribution in [0.3, 0.4) is 0 Å². The first-order valence-electron chi connectivity index (χ1n) is 7.83. The van der Waals surface area contributed by atoms with E-state index in [1.165, 1.54) is 42.5 Å². The molecule has 0 fully saturated rings. The van der Waals surface area contributed by atoms with E-state index in [1.807, 2.05) is 0 Å². The van der Waals surface area contributed by atoms with Crippen molar-refractivity contribution in [3.63, 3.8) is 0 Å². The number of hydrogen-bond donors (Lipinski definition) is 1. The number of carbonyl (C=O) groups excluding carboxylic acids is 4. The molecule has 0 bridgehead atoms. The first-order chi connectivity index (χ1) is 13.0. The van der Waals surface area contributed by atoms with E-state index in [0.717, 1.165) is 17.1 Å². The second-order valence-corrected chi connectivity index (χ2v) is 5.50. The number of carbonyl (C=O) groups is 4. The van der Waals surface area contributed by atoms with Crippen molar-refractivity contribution in [2.45, 2.75) is 0 Å². The van der Waals surface area contributed by atoms with Crippen molar-refractivity contribution in [1.29, 1.82) is 0 Å². The molecular weight excluding hydrogens is 355 g/mol. The van der Waals surface area contributed by atoms with E-state index in [-0.39, 0.29) is 16.9 Å². The summed E-state index contributed by atoms with van der Waals surface area (Å²) in [7, 11) is 0. The smallest absolute Gasteiger partial charge is 0.338 e. The number of ether oxygens (including phenoxy) is 1. The average Bonchev–Trinajstić information content (AvgIpc) is 3.00. The van der Waals surface area contributed by atoms with Gasteiger partial charge in [0, 0.05) is 12.2 Å². The van der Waals surface area contributed by atoms with Crippen molar-refractivity contribution in [3.05, 3.63) is 72.1 Å². The molecule has 1 heterocycles. The van der Waals surface area contributed by atoms with Crippen LogP contribution in [0.2, 0.25) is 0 Å². The summed E-state index contributed by atoms with van der Waals surface area (Å²) in [4.78, 5) is 48.2. The molecule has 0 spiro atoms. The highest BCUT2D eigenvalue weighted by atomic mass is 19.1. The minimum absolute atomic E-state index is 0.0286. The van der Waals surface area contributed by atoms with Gasteiger partial charge < -0.3 is 10.1 Å². The maximum atomic E-state index is 13.5. The van der Waals surface area contributed by atoms with Crippen LogP contribution in [-0.4, -0.2) is 30.3 Å². The highest BCUT2D eigenvalue weighted by Gasteiger charge is 2.25. The fraction of sp³-hybridized carbons (Fsp3) is 0.0526. The topological polar surface area (TPSA) is 92.8 Å². The first kappa shape index (κ1) is 18.0. The van der Waals surface area contributed by atoms with Gasteiger partial charge in [0.05, 0.1) is 16.9 Å². The first-order valence-corrected chi connectivity index (χ1v) is 7.83. The van der Waals surface area contributed by atoms with E-state index >= 15 is 0 Å². The van der Waals surface area contributed by atoms with E-state index in [4.69, 9.17) is 4.74 Å². The summed E-state index contributed by atoms with van der Waals surface area (Å²) < 4.78 is 18.4. The Kier molecular flexibility index (Phi) is 5.07. The van der Waals surface area contributed by atoms with E-state index in [2.05, 4.69) is 5.32 Å². The molecule has 1 aliphatic heterocycles. The van der Waals surface area contributed by atoms with Crippen LogP contribution in [0.1, 0.15) is 10.4 Å². The SMILES string of the molecule is O=C(COC(=O)c1cccc(N2C(=O)C=CC2=O)c1)Nc1ccccc1F. The lowest BCUT2D eigenvalue weighted by atomic mass is 10.2. The van der Waals surface area contributed by atoms with Crippen LogP contribution in [0.5, 0.6) is 0 Å². The van der Waals surface area contributed by atoms with Gasteiger partial charge in [0.25, 0.3) is 17.7 Å². The predicted octanol–water partition coefficient (Wildman–Crippen LogP) is 2.05. The quantitative estimate of drug-likeness (QED) is 0.644. The van der Waals surface area contributed by atoms with Crippen LogP contribution in [0.25, 0.3) is 0 Å². The molecular formula is C19H13FN2O5. The molecule has 136 valence electrons. The summed E-state index contributed by atoms with van der Waals surface area (Å²) >= 11 is 0. The monoisotopic (exact) mass is 368 g/mol. The molecule has 3 amide bonds. The summed E-state index contributed by atoms with van der Waals surface area (Å²) in [5.41, 5.74) is 0.234. The molecule has 0 radical (unpaired) electrons. The maximum Gasteiger partial charge on any atom is 0.338 e. The number of para-hydroxylation sites is 1. The van der Waals surface area contributed by atoms with Gasteiger partial charge in [-0.3, -0.25) is 14.4 Å². The van der Waals surface area contributed by atoms with Gasteiger partial charge in [0.1, 0.15) is 5.82 Å². The molecule has 2 aromatic rings. The lowest BCUT2D eigenvalue weighted by Crippen LogP contribution is -2.29. The van der Waals surface area contributed by atoms with Crippen LogP contribution < -0.4 is 10.2 Å². The number of halogens is 1. The third-order valence-electron chi connectivity index (χ3n) is 3.63. The summed E-state index contributed by atoms with van der Waals surface area (Å²) in [5.74, 6) is -3.19. The van der Waals surface area contributed by atoms with Crippen LogP contribution in [0, 0.1) is 5.82 Å². The maximum absolute atomic E-state index is 13.5. The molecule has 0 unspecified atom stereocenters. The van der Waals surface area contributed by atoms with E-state index in [0.29, 0.717) is 0 Å². The number of rotatable bonds is 5. The second-order valence-electron chi connectivity index (χ2n) is 5.50. The fourth-order valence-corrected chi connectivity index (χ4v) is 2.39. The highest BCUT2D eigenvalue weighted by Crippen LogP contribution is 2.20. The molecule has 0 saturated heterocycles. The Morgan fingerprint density at radius 2 is 1.70 bits per heavy atom. The number of amides is 3. The zero-order valence-electron chi connectivity index (χ0n) is 13.8. The van der Waals surface area contributed by atoms with Crippen molar-refractivity contribution >= 4 is 35.1 Å². The van der Waals surface area contributed by atoms with Gasteiger partial charge in [-0.1, -0.05) is 18.2 Å². The van der Waals surface area contributed by atoms with Gasteiger partial charge in [0.2, 0.25) is 0 Å². The van der Waals surface area contributed by atoms with E-state index < -0.39 is 36.1 Å². The molecule has 0 saturated carbocycles. The van der Waals surface area contributed by atoms with E-state index in [9.17, 15) is 23.6 Å². The summed E-state index contributed by atoms with van der Waals surface area (Å²) in [6.07, 6.45) is 2.25. The Hall–Kier alpha value is -3.81. The Morgan fingerprint density at radius 3 is 2.41 bits per heavy atom. The van der Waals surface area contributed by atoms with Gasteiger partial charge in [-0.2, -0.15) is 0 Å². The van der Waals surface area contributed by atoms with Crippen molar-refractivity contribution in [2.24, 2.45) is 0 Å². The van der Waals surface area contributed by atoms with Gasteiger partial charge in [-0.05, 0) is 30.3 Å². The number of esters is 1. The highest BCUT2D eigenvalue weighted by molar-refractivity contribution is 6.28. The third kappa shape index (κ3) is 4.06. The zero-order valence-corrected chi connectivity index (χ0v) is 13.8. The molecule has 0 atom stereocenters. The molecule has 7 nitrogen and oxygen atoms in total. The van der Waals surface area contributed by atoms with Crippen LogP contribution in [0.4, 0.5) is 15.8 Å². The second kappa shape index (κ2) is 7.61. The number of hydrogen-bond acceptors (Lipinski definition) is 5. The molecule has 1 aliphatic rings. The van der Waals surface area contributed by atoms with E-state index in [1.54, 1.807) is 6.07 Å². The number of imide groups is 1. The Morgan fingerprint density at radius 1 is 1.00 bits per heavy atom. The third-order valence-corrected chi connectivity index (χ3v) is 3.63. The van der Waals surface area contributed by atoms with Gasteiger partial charge in [0.15, 0.2) is 6.61 Å². The number of benzene rings is 2. The molecule has 1 N–H and O–H groups in total. The molecule has 3 rings (SSSR count). The molecule has 8 heteroatoms. The molecule has 2 aromatic carbocycles. The van der Waals surface area contributed by atoms with Crippen molar-refractivity contribution in [3.8, 4) is 0 Å². The number of anilines is 2. The summed E-state index contributed by atoms with van der Waals surface area (Å²) in [5, 5.41) is 2.29. The summed E-state index contributed by atoms with van der Waals surface area (Å²) in [6, 6.07) is 11.3. The van der Waals surface area contributed by atoms with Crippen LogP contribution in [0.15, 0.2) is 60.7 Å². The minimum atomic E-state index is -0.826. The number of nitrogens with zero attached hydrogens (tertiary/aromatic N) is 1. The van der Waals surface area contributed by atoms with Crippen LogP contribution >= 0.6 is 0 Å². The normalized spacial score (nSPS) is 13.0. The molecule has 27 heavy (non-hydrogen) atoms. The lowest BCUT2D eigenvalue weighted by Gasteiger charge is -2.14. The lowest BCUT2D eigenvalue weighted by molar-refractivity contribution is -0.120. The Labute approximate surface area is 153 Å². The van der Waals surface area contributed by atoms with Crippen LogP contribution in [-0.2, 0) is 19.1 Å². The average molecular weight is 368 g/mol. The molecule has 0 aliphatic carbocycles. The summed E-state index contributed by atoms with van der Waals surface area (Å²) in [6.45, 7) is -0.624. The van der Waals surface area contributed by atoms with Gasteiger partial charge >= 0.3 is 5.97 Å². The van der Waals surface area contributed by atoms with Crippen molar-refractivity contribution < 1.29 is 28.3 Å². The van der Waals surface area contributed by atoms with Crippen molar-refractivity contribution in [1.82, 2.24) is 0 Å². The Bertz CT molecular complexity index is 952. The van der Waals surface area contributed by atoms with Crippen molar-refractivity contribution in [2.75, 3.05) is 16.8 Å². The number of nitrogens with one attached hydrogen (secondary N) is 1. The molecule has 0 aromatic heterocycles. The zero-order chi connectivity index (χ0) is 19.4. The Balaban J connectivity index is 1.62. The predicted molar refractivity (Wildman–Crippen MR) is 93.4 cm³/mol. The van der Waals surface area contributed by atoms with Gasteiger partial charge in [-0.15, -0.1) is 0 Å². The minimum Gasteiger partial charge on any atom is -0.452 e. The standard InChI is InChI=1S/C19H13FN2O5/c20-14-6-1-2-7-15(14)21-16(23)11-27-19(26)12-4-3-5-13(10-12)22-17(24)8-9-18(22)25/h1-10H,11H2,(H,21,23). The van der Waals surface area contributed by atoms with Gasteiger partial charge in [-0.25, -0.2) is 14.1 Å². The largest absolute Gasteiger partial charge is 0.452 e.